The Hall–Kier alpha value is -1.20. The highest BCUT2D eigenvalue weighted by molar-refractivity contribution is 5.78. The van der Waals surface area contributed by atoms with E-state index in [1.807, 2.05) is 0 Å². The molecule has 26 heavy (non-hydrogen) atoms. The van der Waals surface area contributed by atoms with Crippen LogP contribution in [0.2, 0.25) is 0 Å². The molecule has 0 spiro atoms. The van der Waals surface area contributed by atoms with Crippen molar-refractivity contribution in [1.82, 2.24) is 0 Å². The highest BCUT2D eigenvalue weighted by Gasteiger charge is 2.39. The second kappa shape index (κ2) is 13.0. The molecule has 0 heterocycles. The monoisotopic (exact) mass is 367 g/mol. The molecule has 0 aromatic heterocycles. The lowest BCUT2D eigenvalue weighted by molar-refractivity contribution is -0.140. The standard InChI is InChI=1S/C21H37NO4/c1-3-4-7-10-16(23)13-14-17-18(20(24)15-19(17)22)11-8-5-6-9-12-21(25)26-2/h5,8,17-20,24H,3-4,6-7,9-15,22H2,1-2H3/t17-,18-,19-,20+/m1/s1. The third-order valence-corrected chi connectivity index (χ3v) is 5.48. The van der Waals surface area contributed by atoms with Crippen LogP contribution < -0.4 is 5.73 Å². The number of aliphatic hydroxyl groups excluding tert-OH is 1. The molecule has 0 aromatic rings. The van der Waals surface area contributed by atoms with Crippen molar-refractivity contribution in [3.05, 3.63) is 12.2 Å². The van der Waals surface area contributed by atoms with Crippen LogP contribution in [0.15, 0.2) is 12.2 Å². The van der Waals surface area contributed by atoms with Crippen molar-refractivity contribution < 1.29 is 19.4 Å². The first-order valence-corrected chi connectivity index (χ1v) is 10.2. The van der Waals surface area contributed by atoms with Crippen LogP contribution in [0.3, 0.4) is 0 Å². The molecule has 0 amide bonds. The van der Waals surface area contributed by atoms with Gasteiger partial charge in [0, 0.05) is 25.3 Å². The van der Waals surface area contributed by atoms with E-state index < -0.39 is 0 Å². The molecule has 1 fully saturated rings. The summed E-state index contributed by atoms with van der Waals surface area (Å²) in [5, 5.41) is 10.3. The molecule has 1 aliphatic rings. The predicted molar refractivity (Wildman–Crippen MR) is 104 cm³/mol. The Morgan fingerprint density at radius 3 is 2.58 bits per heavy atom. The Labute approximate surface area is 158 Å². The second-order valence-corrected chi connectivity index (χ2v) is 7.50. The number of hydrogen-bond acceptors (Lipinski definition) is 5. The van der Waals surface area contributed by atoms with Gasteiger partial charge in [-0.25, -0.2) is 0 Å². The third kappa shape index (κ3) is 8.45. The zero-order valence-electron chi connectivity index (χ0n) is 16.5. The van der Waals surface area contributed by atoms with E-state index in [1.165, 1.54) is 7.11 Å². The van der Waals surface area contributed by atoms with Crippen LogP contribution in [0, 0.1) is 11.8 Å². The van der Waals surface area contributed by atoms with Gasteiger partial charge >= 0.3 is 5.97 Å². The average Bonchev–Trinajstić information content (AvgIpc) is 2.89. The second-order valence-electron chi connectivity index (χ2n) is 7.50. The van der Waals surface area contributed by atoms with Gasteiger partial charge in [-0.05, 0) is 50.4 Å². The maximum absolute atomic E-state index is 12.0. The number of hydrogen-bond donors (Lipinski definition) is 2. The van der Waals surface area contributed by atoms with E-state index in [9.17, 15) is 14.7 Å². The van der Waals surface area contributed by atoms with E-state index in [4.69, 9.17) is 5.73 Å². The van der Waals surface area contributed by atoms with Crippen molar-refractivity contribution in [2.75, 3.05) is 7.11 Å². The smallest absolute Gasteiger partial charge is 0.305 e. The van der Waals surface area contributed by atoms with Crippen LogP contribution in [-0.4, -0.2) is 36.1 Å². The van der Waals surface area contributed by atoms with Gasteiger partial charge < -0.3 is 15.6 Å². The molecular weight excluding hydrogens is 330 g/mol. The first-order chi connectivity index (χ1) is 12.5. The molecule has 1 aliphatic carbocycles. The van der Waals surface area contributed by atoms with Crippen LogP contribution >= 0.6 is 0 Å². The Kier molecular flexibility index (Phi) is 11.5. The van der Waals surface area contributed by atoms with Crippen LogP contribution in [-0.2, 0) is 14.3 Å². The number of nitrogens with two attached hydrogens (primary N) is 1. The van der Waals surface area contributed by atoms with Gasteiger partial charge in [-0.2, -0.15) is 0 Å². The van der Waals surface area contributed by atoms with E-state index in [2.05, 4.69) is 23.8 Å². The number of ether oxygens (including phenoxy) is 1. The fraction of sp³-hybridized carbons (Fsp3) is 0.810. The Morgan fingerprint density at radius 2 is 1.88 bits per heavy atom. The third-order valence-electron chi connectivity index (χ3n) is 5.48. The number of unbranched alkanes of at least 4 members (excludes halogenated alkanes) is 3. The molecule has 5 nitrogen and oxygen atoms in total. The van der Waals surface area contributed by atoms with E-state index >= 15 is 0 Å². The summed E-state index contributed by atoms with van der Waals surface area (Å²) >= 11 is 0. The SMILES string of the molecule is CCCCCC(=O)CC[C@@H]1[C@@H](CC=CCCCC(=O)OC)[C@@H](O)C[C@H]1N. The van der Waals surface area contributed by atoms with Gasteiger partial charge in [-0.3, -0.25) is 9.59 Å². The predicted octanol–water partition coefficient (Wildman–Crippen LogP) is 3.53. The highest BCUT2D eigenvalue weighted by Crippen LogP contribution is 2.37. The molecule has 0 aromatic carbocycles. The first kappa shape index (κ1) is 22.8. The number of methoxy groups -OCH3 is 1. The Balaban J connectivity index is 2.36. The van der Waals surface area contributed by atoms with Gasteiger partial charge in [0.1, 0.15) is 5.78 Å². The minimum Gasteiger partial charge on any atom is -0.469 e. The summed E-state index contributed by atoms with van der Waals surface area (Å²) in [5.74, 6) is 0.480. The van der Waals surface area contributed by atoms with Crippen molar-refractivity contribution in [3.63, 3.8) is 0 Å². The van der Waals surface area contributed by atoms with Gasteiger partial charge in [0.25, 0.3) is 0 Å². The number of ketones is 1. The largest absolute Gasteiger partial charge is 0.469 e. The average molecular weight is 368 g/mol. The zero-order valence-corrected chi connectivity index (χ0v) is 16.5. The minimum absolute atomic E-state index is 0.0221. The van der Waals surface area contributed by atoms with Gasteiger partial charge in [-0.15, -0.1) is 0 Å². The molecular formula is C21H37NO4. The molecule has 1 saturated carbocycles. The maximum atomic E-state index is 12.0. The van der Waals surface area contributed by atoms with Crippen LogP contribution in [0.4, 0.5) is 0 Å². The number of aliphatic hydroxyl groups is 1. The molecule has 1 rings (SSSR count). The number of esters is 1. The van der Waals surface area contributed by atoms with Crippen LogP contribution in [0.5, 0.6) is 0 Å². The van der Waals surface area contributed by atoms with Crippen molar-refractivity contribution >= 4 is 11.8 Å². The molecule has 0 aliphatic heterocycles. The van der Waals surface area contributed by atoms with Gasteiger partial charge in [0.15, 0.2) is 0 Å². The normalized spacial score (nSPS) is 25.7. The van der Waals surface area contributed by atoms with Crippen LogP contribution in [0.25, 0.3) is 0 Å². The number of carbonyl (C=O) groups is 2. The fourth-order valence-corrected chi connectivity index (χ4v) is 3.85. The van der Waals surface area contributed by atoms with Gasteiger partial charge in [0.2, 0.25) is 0 Å². The maximum Gasteiger partial charge on any atom is 0.305 e. The number of allylic oxidation sites excluding steroid dienone is 2. The molecule has 0 saturated heterocycles. The lowest BCUT2D eigenvalue weighted by Crippen LogP contribution is -2.28. The topological polar surface area (TPSA) is 89.6 Å². The van der Waals surface area contributed by atoms with E-state index in [-0.39, 0.29) is 30.0 Å². The summed E-state index contributed by atoms with van der Waals surface area (Å²) in [4.78, 5) is 23.1. The quantitative estimate of drug-likeness (QED) is 0.295. The van der Waals surface area contributed by atoms with Crippen molar-refractivity contribution in [2.45, 2.75) is 89.7 Å². The minimum atomic E-state index is -0.384. The molecule has 4 atom stereocenters. The lowest BCUT2D eigenvalue weighted by Gasteiger charge is -2.22. The Morgan fingerprint density at radius 1 is 1.12 bits per heavy atom. The van der Waals surface area contributed by atoms with Gasteiger partial charge in [-0.1, -0.05) is 31.9 Å². The molecule has 0 radical (unpaired) electrons. The summed E-state index contributed by atoms with van der Waals surface area (Å²) in [7, 11) is 1.40. The summed E-state index contributed by atoms with van der Waals surface area (Å²) < 4.78 is 4.62. The summed E-state index contributed by atoms with van der Waals surface area (Å²) in [6.45, 7) is 2.14. The summed E-state index contributed by atoms with van der Waals surface area (Å²) in [5.41, 5.74) is 6.22. The molecule has 150 valence electrons. The van der Waals surface area contributed by atoms with Crippen molar-refractivity contribution in [1.29, 1.82) is 0 Å². The molecule has 0 unspecified atom stereocenters. The molecule has 5 heteroatoms. The number of carbonyl (C=O) groups excluding carboxylic acids is 2. The Bertz CT molecular complexity index is 449. The van der Waals surface area contributed by atoms with Crippen molar-refractivity contribution in [3.8, 4) is 0 Å². The summed E-state index contributed by atoms with van der Waals surface area (Å²) in [6, 6.07) is -0.0221. The van der Waals surface area contributed by atoms with E-state index in [0.717, 1.165) is 44.9 Å². The van der Waals surface area contributed by atoms with E-state index in [1.54, 1.807) is 0 Å². The van der Waals surface area contributed by atoms with Crippen molar-refractivity contribution in [2.24, 2.45) is 17.6 Å². The molecule has 0 bridgehead atoms. The summed E-state index contributed by atoms with van der Waals surface area (Å²) in [6.07, 6.45) is 12.4. The number of rotatable bonds is 13. The first-order valence-electron chi connectivity index (χ1n) is 10.2. The lowest BCUT2D eigenvalue weighted by atomic mass is 9.85. The highest BCUT2D eigenvalue weighted by atomic mass is 16.5. The zero-order chi connectivity index (χ0) is 19.4. The van der Waals surface area contributed by atoms with E-state index in [0.29, 0.717) is 31.5 Å². The molecule has 3 N–H and O–H groups in total. The fourth-order valence-electron chi connectivity index (χ4n) is 3.85. The van der Waals surface area contributed by atoms with Gasteiger partial charge in [0.05, 0.1) is 13.2 Å². The number of Topliss-reactive ketones (excluding diaryl/α,β-unsaturated/α-hetero) is 1. The van der Waals surface area contributed by atoms with Crippen LogP contribution in [0.1, 0.15) is 77.6 Å².